The summed E-state index contributed by atoms with van der Waals surface area (Å²) in [7, 11) is -13.2. The average molecular weight is 347 g/mol. The molecule has 16 heavy (non-hydrogen) atoms. The second kappa shape index (κ2) is 9.17. The van der Waals surface area contributed by atoms with E-state index in [9.17, 15) is 0 Å². The molecule has 1 radical (unpaired) electrons. The molecule has 0 amide bonds. The van der Waals surface area contributed by atoms with Crippen molar-refractivity contribution in [2.24, 2.45) is 15.4 Å². The van der Waals surface area contributed by atoms with Gasteiger partial charge in [-0.15, -0.1) is 0 Å². The molecule has 0 fully saturated rings. The number of hydrogen-bond acceptors (Lipinski definition) is 9. The fourth-order valence-electron chi connectivity index (χ4n) is 0. The standard InChI is InChI=1S/3H3NO3S.Ni/c3*1-5(2,3)4;/h3*(H3,1,2,3,4);/q;;;+3/p-3. The Bertz CT molecular complexity index is 347. The SMILES string of the molecule is NS(=O)(=O)[O-].NS(=O)(=O)[O-].NS(=O)(=O)[O-].[Ni+3]. The van der Waals surface area contributed by atoms with Crippen molar-refractivity contribution < 1.29 is 55.4 Å². The molecule has 0 aromatic carbocycles. The molecule has 0 rings (SSSR count). The molecular weight excluding hydrogens is 341 g/mol. The maximum atomic E-state index is 8.85. The summed E-state index contributed by atoms with van der Waals surface area (Å²) in [6.07, 6.45) is 0. The van der Waals surface area contributed by atoms with E-state index in [1.807, 2.05) is 0 Å². The average Bonchev–Trinajstić information content (AvgIpc) is 1.41. The normalized spacial score (nSPS) is 10.9. The summed E-state index contributed by atoms with van der Waals surface area (Å²) in [6.45, 7) is 0. The molecule has 12 nitrogen and oxygen atoms in total. The Kier molecular flexibility index (Phi) is 14.4. The van der Waals surface area contributed by atoms with E-state index in [0.717, 1.165) is 0 Å². The molecule has 0 bridgehead atoms. The van der Waals surface area contributed by atoms with Crippen LogP contribution in [0.15, 0.2) is 0 Å². The molecule has 0 aliphatic carbocycles. The van der Waals surface area contributed by atoms with E-state index in [0.29, 0.717) is 0 Å². The van der Waals surface area contributed by atoms with Crippen molar-refractivity contribution in [2.75, 3.05) is 0 Å². The van der Waals surface area contributed by atoms with Gasteiger partial charge in [0.25, 0.3) is 0 Å². The molecule has 0 atom stereocenters. The van der Waals surface area contributed by atoms with Crippen molar-refractivity contribution >= 4 is 30.9 Å². The summed E-state index contributed by atoms with van der Waals surface area (Å²) in [6, 6.07) is 0. The second-order valence-corrected chi connectivity index (χ2v) is 4.44. The van der Waals surface area contributed by atoms with Crippen molar-refractivity contribution in [2.45, 2.75) is 0 Å². The molecule has 0 aromatic rings. The Labute approximate surface area is 102 Å². The number of nitrogens with two attached hydrogens (primary N) is 3. The monoisotopic (exact) mass is 346 g/mol. The van der Waals surface area contributed by atoms with E-state index >= 15 is 0 Å². The van der Waals surface area contributed by atoms with E-state index in [1.54, 1.807) is 0 Å². The van der Waals surface area contributed by atoms with Gasteiger partial charge in [-0.05, 0) is 0 Å². The number of hydrogen-bond donors (Lipinski definition) is 3. The van der Waals surface area contributed by atoms with Crippen LogP contribution in [0.4, 0.5) is 0 Å². The Morgan fingerprint density at radius 3 is 0.562 bits per heavy atom. The van der Waals surface area contributed by atoms with Crippen LogP contribution in [0.25, 0.3) is 0 Å². The van der Waals surface area contributed by atoms with Gasteiger partial charge in [0, 0.05) is 0 Å². The van der Waals surface area contributed by atoms with Crippen LogP contribution in [0.2, 0.25) is 0 Å². The summed E-state index contributed by atoms with van der Waals surface area (Å²) in [5, 5.41) is 11.3. The van der Waals surface area contributed by atoms with Gasteiger partial charge >= 0.3 is 16.5 Å². The van der Waals surface area contributed by atoms with Gasteiger partial charge < -0.3 is 13.7 Å². The van der Waals surface area contributed by atoms with Crippen LogP contribution in [-0.4, -0.2) is 38.9 Å². The first-order chi connectivity index (χ1) is 6.00. The number of rotatable bonds is 0. The molecule has 0 spiro atoms. The van der Waals surface area contributed by atoms with Crippen molar-refractivity contribution in [3.63, 3.8) is 0 Å². The molecule has 0 unspecified atom stereocenters. The molecule has 0 aliphatic rings. The van der Waals surface area contributed by atoms with Crippen LogP contribution in [0.1, 0.15) is 0 Å². The quantitative estimate of drug-likeness (QED) is 0.280. The Hall–Kier alpha value is 0.104. The van der Waals surface area contributed by atoms with Gasteiger partial charge in [0.15, 0.2) is 30.9 Å². The smallest absolute Gasteiger partial charge is 0.736 e. The van der Waals surface area contributed by atoms with E-state index in [4.69, 9.17) is 38.9 Å². The van der Waals surface area contributed by atoms with Crippen LogP contribution in [0.5, 0.6) is 0 Å². The first-order valence-electron chi connectivity index (χ1n) is 2.21. The minimum absolute atomic E-state index is 0. The third kappa shape index (κ3) is 226000. The van der Waals surface area contributed by atoms with Crippen LogP contribution in [-0.2, 0) is 47.4 Å². The predicted molar refractivity (Wildman–Crippen MR) is 41.7 cm³/mol. The summed E-state index contributed by atoms with van der Waals surface area (Å²) in [5.41, 5.74) is 0. The summed E-state index contributed by atoms with van der Waals surface area (Å²) in [5.74, 6) is 0. The van der Waals surface area contributed by atoms with Gasteiger partial charge in [0.1, 0.15) is 0 Å². The van der Waals surface area contributed by atoms with Crippen LogP contribution < -0.4 is 15.4 Å². The van der Waals surface area contributed by atoms with Gasteiger partial charge in [0.05, 0.1) is 0 Å². The van der Waals surface area contributed by atoms with Crippen molar-refractivity contribution in [1.29, 1.82) is 0 Å². The molecule has 0 saturated carbocycles. The first-order valence-corrected chi connectivity index (χ1v) is 6.62. The molecule has 6 N–H and O–H groups in total. The maximum Gasteiger partial charge on any atom is 3.00 e. The molecule has 0 aromatic heterocycles. The van der Waals surface area contributed by atoms with Crippen molar-refractivity contribution in [3.05, 3.63) is 0 Å². The third-order valence-corrected chi connectivity index (χ3v) is 0. The fraction of sp³-hybridized carbons (Fsp3) is 0. The third-order valence-electron chi connectivity index (χ3n) is 0. The molecular formula is H6N3NiO9S3. The second-order valence-electron chi connectivity index (χ2n) is 1.48. The van der Waals surface area contributed by atoms with Gasteiger partial charge in [-0.3, -0.25) is 0 Å². The van der Waals surface area contributed by atoms with Gasteiger partial charge in [-0.2, -0.15) is 0 Å². The van der Waals surface area contributed by atoms with E-state index in [-0.39, 0.29) is 16.5 Å². The fourth-order valence-corrected chi connectivity index (χ4v) is 0. The molecule has 0 heterocycles. The van der Waals surface area contributed by atoms with Crippen LogP contribution in [0, 0.1) is 0 Å². The Morgan fingerprint density at radius 1 is 0.562 bits per heavy atom. The van der Waals surface area contributed by atoms with E-state index in [1.165, 1.54) is 0 Å². The first kappa shape index (κ1) is 25.1. The Morgan fingerprint density at radius 2 is 0.562 bits per heavy atom. The maximum absolute atomic E-state index is 8.85. The largest absolute Gasteiger partial charge is 3.00 e. The summed E-state index contributed by atoms with van der Waals surface area (Å²) >= 11 is 0. The zero-order chi connectivity index (χ0) is 13.5. The van der Waals surface area contributed by atoms with Gasteiger partial charge in [0.2, 0.25) is 0 Å². The predicted octanol–water partition coefficient (Wildman–Crippen LogP) is -4.79. The van der Waals surface area contributed by atoms with Crippen LogP contribution in [0.3, 0.4) is 0 Å². The summed E-state index contributed by atoms with van der Waals surface area (Å²) < 4.78 is 79.7. The topological polar surface area (TPSA) is 250 Å². The van der Waals surface area contributed by atoms with E-state index < -0.39 is 30.9 Å². The van der Waals surface area contributed by atoms with Crippen LogP contribution >= 0.6 is 0 Å². The van der Waals surface area contributed by atoms with Crippen molar-refractivity contribution in [3.8, 4) is 0 Å². The minimum Gasteiger partial charge on any atom is -0.736 e. The summed E-state index contributed by atoms with van der Waals surface area (Å²) in [4.78, 5) is 0. The minimum atomic E-state index is -4.42. The zero-order valence-electron chi connectivity index (χ0n) is 6.95. The van der Waals surface area contributed by atoms with Crippen molar-refractivity contribution in [1.82, 2.24) is 0 Å². The van der Waals surface area contributed by atoms with Gasteiger partial charge in [-0.25, -0.2) is 40.7 Å². The zero-order valence-corrected chi connectivity index (χ0v) is 10.4. The molecule has 0 saturated heterocycles. The van der Waals surface area contributed by atoms with Gasteiger partial charge in [-0.1, -0.05) is 0 Å². The molecule has 0 aliphatic heterocycles. The molecule has 16 heteroatoms. The Balaban J connectivity index is -0.0000000655. The van der Waals surface area contributed by atoms with E-state index in [2.05, 4.69) is 15.4 Å². The molecule has 103 valence electrons.